The minimum Gasteiger partial charge on any atom is -0.380 e. The second-order valence-electron chi connectivity index (χ2n) is 4.09. The largest absolute Gasteiger partial charge is 0.380 e. The minimum absolute atomic E-state index is 0.224. The highest BCUT2D eigenvalue weighted by Crippen LogP contribution is 2.22. The number of hydrogen-bond acceptors (Lipinski definition) is 4. The van der Waals surface area contributed by atoms with Crippen LogP contribution in [0.2, 0.25) is 0 Å². The van der Waals surface area contributed by atoms with Crippen molar-refractivity contribution in [3.05, 3.63) is 34.1 Å². The smallest absolute Gasteiger partial charge is 0.272 e. The normalized spacial score (nSPS) is 16.8. The van der Waals surface area contributed by atoms with Crippen LogP contribution >= 0.6 is 0 Å². The van der Waals surface area contributed by atoms with Crippen LogP contribution < -0.4 is 10.6 Å². The molecule has 1 heterocycles. The molecule has 2 N–H and O–H groups in total. The first kappa shape index (κ1) is 11.8. The van der Waals surface area contributed by atoms with E-state index in [0.717, 1.165) is 32.0 Å². The molecule has 1 aliphatic rings. The van der Waals surface area contributed by atoms with Crippen LogP contribution in [0.25, 0.3) is 0 Å². The molecule has 1 aliphatic heterocycles. The maximum Gasteiger partial charge on any atom is 0.272 e. The monoisotopic (exact) mass is 239 g/mol. The van der Waals surface area contributed by atoms with Crippen LogP contribution in [0.1, 0.15) is 12.8 Å². The molecule has 2 rings (SSSR count). The summed E-state index contributed by atoms with van der Waals surface area (Å²) in [7, 11) is 0. The van der Waals surface area contributed by atoms with Crippen LogP contribution in [0.4, 0.5) is 15.8 Å². The molecule has 0 aromatic heterocycles. The number of nitro groups is 1. The van der Waals surface area contributed by atoms with Crippen molar-refractivity contribution in [2.24, 2.45) is 0 Å². The van der Waals surface area contributed by atoms with Crippen molar-refractivity contribution in [1.29, 1.82) is 0 Å². The Kier molecular flexibility index (Phi) is 3.53. The fourth-order valence-corrected chi connectivity index (χ4v) is 1.92. The van der Waals surface area contributed by atoms with Crippen molar-refractivity contribution in [2.75, 3.05) is 18.4 Å². The lowest BCUT2D eigenvalue weighted by molar-refractivity contribution is -0.385. The number of anilines is 1. The van der Waals surface area contributed by atoms with Gasteiger partial charge in [0.25, 0.3) is 5.69 Å². The van der Waals surface area contributed by atoms with Gasteiger partial charge in [0.05, 0.1) is 16.7 Å². The van der Waals surface area contributed by atoms with Crippen molar-refractivity contribution in [1.82, 2.24) is 5.32 Å². The number of rotatable bonds is 3. The van der Waals surface area contributed by atoms with Gasteiger partial charge in [0.15, 0.2) is 5.82 Å². The topological polar surface area (TPSA) is 67.2 Å². The molecule has 0 amide bonds. The first-order chi connectivity index (χ1) is 8.16. The highest BCUT2D eigenvalue weighted by atomic mass is 19.1. The molecule has 0 saturated carbocycles. The quantitative estimate of drug-likeness (QED) is 0.624. The van der Waals surface area contributed by atoms with Crippen LogP contribution in [0.15, 0.2) is 18.2 Å². The Bertz CT molecular complexity index is 419. The van der Waals surface area contributed by atoms with E-state index in [1.54, 1.807) is 0 Å². The summed E-state index contributed by atoms with van der Waals surface area (Å²) in [5.74, 6) is -0.572. The van der Waals surface area contributed by atoms with Crippen molar-refractivity contribution in [3.8, 4) is 0 Å². The number of non-ortho nitro benzene ring substituents is 1. The van der Waals surface area contributed by atoms with Crippen LogP contribution in [0.5, 0.6) is 0 Å². The Morgan fingerprint density at radius 1 is 1.41 bits per heavy atom. The Labute approximate surface area is 98.2 Å². The van der Waals surface area contributed by atoms with E-state index < -0.39 is 10.7 Å². The summed E-state index contributed by atoms with van der Waals surface area (Å²) >= 11 is 0. The summed E-state index contributed by atoms with van der Waals surface area (Å²) in [5.41, 5.74) is 0.112. The fourth-order valence-electron chi connectivity index (χ4n) is 1.92. The van der Waals surface area contributed by atoms with E-state index in [9.17, 15) is 14.5 Å². The second-order valence-corrected chi connectivity index (χ2v) is 4.09. The van der Waals surface area contributed by atoms with E-state index in [-0.39, 0.29) is 11.7 Å². The van der Waals surface area contributed by atoms with Crippen LogP contribution in [-0.2, 0) is 0 Å². The molecule has 6 heteroatoms. The molecule has 0 aliphatic carbocycles. The zero-order valence-corrected chi connectivity index (χ0v) is 9.28. The molecular formula is C11H14FN3O2. The number of benzene rings is 1. The summed E-state index contributed by atoms with van der Waals surface area (Å²) in [4.78, 5) is 9.86. The number of nitrogens with zero attached hydrogens (tertiary/aromatic N) is 1. The molecular weight excluding hydrogens is 225 g/mol. The molecule has 1 aromatic carbocycles. The average molecular weight is 239 g/mol. The lowest BCUT2D eigenvalue weighted by atomic mass is 10.1. The molecule has 0 unspecified atom stereocenters. The number of nitro benzene ring substituents is 1. The predicted octanol–water partition coefficient (Wildman–Crippen LogP) is 1.90. The maximum atomic E-state index is 13.6. The number of piperidine rings is 1. The van der Waals surface area contributed by atoms with E-state index in [1.165, 1.54) is 12.1 Å². The van der Waals surface area contributed by atoms with E-state index in [0.29, 0.717) is 5.69 Å². The van der Waals surface area contributed by atoms with Gasteiger partial charge < -0.3 is 10.6 Å². The Balaban J connectivity index is 2.08. The Morgan fingerprint density at radius 3 is 2.71 bits per heavy atom. The molecule has 1 saturated heterocycles. The highest BCUT2D eigenvalue weighted by Gasteiger charge is 2.16. The number of hydrogen-bond donors (Lipinski definition) is 2. The van der Waals surface area contributed by atoms with Gasteiger partial charge in [-0.05, 0) is 32.0 Å². The fraction of sp³-hybridized carbons (Fsp3) is 0.455. The summed E-state index contributed by atoms with van der Waals surface area (Å²) in [6.45, 7) is 1.82. The van der Waals surface area contributed by atoms with E-state index in [4.69, 9.17) is 0 Å². The Hall–Kier alpha value is -1.69. The molecule has 0 bridgehead atoms. The van der Waals surface area contributed by atoms with Crippen molar-refractivity contribution in [2.45, 2.75) is 18.9 Å². The van der Waals surface area contributed by atoms with Gasteiger partial charge in [-0.1, -0.05) is 0 Å². The zero-order valence-electron chi connectivity index (χ0n) is 9.28. The number of nitrogens with one attached hydrogen (secondary N) is 2. The van der Waals surface area contributed by atoms with Crippen molar-refractivity contribution >= 4 is 11.4 Å². The van der Waals surface area contributed by atoms with Gasteiger partial charge in [-0.2, -0.15) is 0 Å². The van der Waals surface area contributed by atoms with Gasteiger partial charge >= 0.3 is 0 Å². The first-order valence-corrected chi connectivity index (χ1v) is 5.58. The zero-order chi connectivity index (χ0) is 12.3. The van der Waals surface area contributed by atoms with Gasteiger partial charge in [-0.3, -0.25) is 10.1 Å². The van der Waals surface area contributed by atoms with Crippen molar-refractivity contribution in [3.63, 3.8) is 0 Å². The van der Waals surface area contributed by atoms with E-state index in [2.05, 4.69) is 10.6 Å². The highest BCUT2D eigenvalue weighted by molar-refractivity contribution is 5.50. The molecule has 0 radical (unpaired) electrons. The Morgan fingerprint density at radius 2 is 2.12 bits per heavy atom. The predicted molar refractivity (Wildman–Crippen MR) is 62.6 cm³/mol. The van der Waals surface area contributed by atoms with Crippen LogP contribution in [-0.4, -0.2) is 24.1 Å². The summed E-state index contributed by atoms with van der Waals surface area (Å²) in [5, 5.41) is 16.8. The third kappa shape index (κ3) is 2.91. The van der Waals surface area contributed by atoms with Crippen LogP contribution in [0.3, 0.4) is 0 Å². The third-order valence-electron chi connectivity index (χ3n) is 2.86. The second kappa shape index (κ2) is 5.09. The summed E-state index contributed by atoms with van der Waals surface area (Å²) < 4.78 is 13.6. The van der Waals surface area contributed by atoms with Gasteiger partial charge in [-0.25, -0.2) is 4.39 Å². The molecule has 17 heavy (non-hydrogen) atoms. The third-order valence-corrected chi connectivity index (χ3v) is 2.86. The summed E-state index contributed by atoms with van der Waals surface area (Å²) in [6.07, 6.45) is 1.85. The standard InChI is InChI=1S/C11H14FN3O2/c12-10-7-9(15(16)17)1-2-11(10)14-8-3-5-13-6-4-8/h1-2,7-8,13-14H,3-6H2. The maximum absolute atomic E-state index is 13.6. The average Bonchev–Trinajstić information content (AvgIpc) is 2.33. The van der Waals surface area contributed by atoms with Gasteiger partial charge in [-0.15, -0.1) is 0 Å². The molecule has 0 spiro atoms. The molecule has 1 fully saturated rings. The van der Waals surface area contributed by atoms with E-state index >= 15 is 0 Å². The van der Waals surface area contributed by atoms with E-state index in [1.807, 2.05) is 0 Å². The van der Waals surface area contributed by atoms with Crippen molar-refractivity contribution < 1.29 is 9.31 Å². The summed E-state index contributed by atoms with van der Waals surface area (Å²) in [6, 6.07) is 3.91. The molecule has 1 aromatic rings. The SMILES string of the molecule is O=[N+]([O-])c1ccc(NC2CCNCC2)c(F)c1. The minimum atomic E-state index is -0.600. The lowest BCUT2D eigenvalue weighted by Gasteiger charge is -2.24. The molecule has 0 atom stereocenters. The van der Waals surface area contributed by atoms with Gasteiger partial charge in [0.1, 0.15) is 0 Å². The molecule has 5 nitrogen and oxygen atoms in total. The number of halogens is 1. The first-order valence-electron chi connectivity index (χ1n) is 5.58. The molecule has 92 valence electrons. The van der Waals surface area contributed by atoms with Crippen LogP contribution in [0, 0.1) is 15.9 Å². The lowest BCUT2D eigenvalue weighted by Crippen LogP contribution is -2.35. The van der Waals surface area contributed by atoms with Gasteiger partial charge in [0, 0.05) is 12.1 Å². The van der Waals surface area contributed by atoms with Gasteiger partial charge in [0.2, 0.25) is 0 Å².